The summed E-state index contributed by atoms with van der Waals surface area (Å²) < 4.78 is 6.55. The Bertz CT molecular complexity index is 1100. The first kappa shape index (κ1) is 25.6. The molecule has 0 aliphatic carbocycles. The molecule has 1 aromatic carbocycles. The fraction of sp³-hybridized carbons (Fsp3) is 0.500. The van der Waals surface area contributed by atoms with Crippen molar-refractivity contribution in [2.45, 2.75) is 53.3 Å². The molecule has 0 bridgehead atoms. The SMILES string of the molecule is Cc1c(Cl)nc(NC[C@H]2CCN(C(=O)O)C2C(C)(C)C)c(=O)n1CC(=O)OCc1ccccc1. The number of ether oxygens (including phenoxy) is 1. The van der Waals surface area contributed by atoms with Crippen molar-refractivity contribution in [2.75, 3.05) is 18.4 Å². The molecular weight excluding hydrogens is 460 g/mol. The number of carbonyl (C=O) groups excluding carboxylic acids is 1. The molecule has 3 rings (SSSR count). The van der Waals surface area contributed by atoms with Crippen LogP contribution in [0, 0.1) is 18.3 Å². The van der Waals surface area contributed by atoms with E-state index in [0.717, 1.165) is 5.56 Å². The van der Waals surface area contributed by atoms with Gasteiger partial charge >= 0.3 is 12.1 Å². The molecule has 184 valence electrons. The maximum atomic E-state index is 13.1. The number of likely N-dealkylation sites (tertiary alicyclic amines) is 1. The van der Waals surface area contributed by atoms with Crippen LogP contribution >= 0.6 is 11.6 Å². The van der Waals surface area contributed by atoms with Crippen LogP contribution in [0.25, 0.3) is 0 Å². The van der Waals surface area contributed by atoms with E-state index in [2.05, 4.69) is 10.3 Å². The lowest BCUT2D eigenvalue weighted by Crippen LogP contribution is -2.47. The number of nitrogens with one attached hydrogen (secondary N) is 1. The number of hydrogen-bond donors (Lipinski definition) is 2. The number of rotatable bonds is 7. The predicted molar refractivity (Wildman–Crippen MR) is 129 cm³/mol. The molecular formula is C24H31ClN4O5. The molecule has 0 saturated carbocycles. The molecule has 0 radical (unpaired) electrons. The Labute approximate surface area is 203 Å². The summed E-state index contributed by atoms with van der Waals surface area (Å²) in [6.07, 6.45) is -0.281. The molecule has 1 unspecified atom stereocenters. The number of benzene rings is 1. The van der Waals surface area contributed by atoms with Crippen LogP contribution in [0.1, 0.15) is 38.4 Å². The minimum atomic E-state index is -0.949. The number of esters is 1. The molecule has 1 fully saturated rings. The van der Waals surface area contributed by atoms with Gasteiger partial charge in [-0.25, -0.2) is 9.78 Å². The Balaban J connectivity index is 1.73. The van der Waals surface area contributed by atoms with Crippen molar-refractivity contribution in [3.8, 4) is 0 Å². The molecule has 10 heteroatoms. The van der Waals surface area contributed by atoms with Crippen LogP contribution in [0.3, 0.4) is 0 Å². The summed E-state index contributed by atoms with van der Waals surface area (Å²) in [7, 11) is 0. The average Bonchev–Trinajstić information content (AvgIpc) is 3.22. The normalized spacial score (nSPS) is 18.1. The summed E-state index contributed by atoms with van der Waals surface area (Å²) in [5.74, 6) is -0.558. The van der Waals surface area contributed by atoms with Gasteiger partial charge in [-0.3, -0.25) is 14.2 Å². The van der Waals surface area contributed by atoms with Crippen molar-refractivity contribution in [1.82, 2.24) is 14.5 Å². The van der Waals surface area contributed by atoms with Gasteiger partial charge in [0.05, 0.1) is 5.69 Å². The second-order valence-electron chi connectivity index (χ2n) is 9.59. The van der Waals surface area contributed by atoms with Gasteiger partial charge in [-0.15, -0.1) is 0 Å². The largest absolute Gasteiger partial charge is 0.465 e. The van der Waals surface area contributed by atoms with Gasteiger partial charge in [0.15, 0.2) is 11.0 Å². The van der Waals surface area contributed by atoms with Gasteiger partial charge in [0.1, 0.15) is 13.2 Å². The number of nitrogens with zero attached hydrogens (tertiary/aromatic N) is 3. The Morgan fingerprint density at radius 2 is 1.94 bits per heavy atom. The van der Waals surface area contributed by atoms with Crippen molar-refractivity contribution in [1.29, 1.82) is 0 Å². The van der Waals surface area contributed by atoms with E-state index >= 15 is 0 Å². The highest BCUT2D eigenvalue weighted by Gasteiger charge is 2.43. The molecule has 1 saturated heterocycles. The summed E-state index contributed by atoms with van der Waals surface area (Å²) in [5.41, 5.74) is 0.441. The third-order valence-electron chi connectivity index (χ3n) is 6.08. The zero-order valence-electron chi connectivity index (χ0n) is 19.9. The van der Waals surface area contributed by atoms with Crippen molar-refractivity contribution >= 4 is 29.5 Å². The molecule has 0 spiro atoms. The third-order valence-corrected chi connectivity index (χ3v) is 6.44. The first-order valence-corrected chi connectivity index (χ1v) is 11.6. The minimum Gasteiger partial charge on any atom is -0.465 e. The summed E-state index contributed by atoms with van der Waals surface area (Å²) in [6.45, 7) is 8.21. The van der Waals surface area contributed by atoms with Gasteiger partial charge in [-0.1, -0.05) is 62.7 Å². The van der Waals surface area contributed by atoms with Gasteiger partial charge in [-0.2, -0.15) is 0 Å². The van der Waals surface area contributed by atoms with E-state index in [0.29, 0.717) is 25.2 Å². The summed E-state index contributed by atoms with van der Waals surface area (Å²) in [5, 5.41) is 12.7. The van der Waals surface area contributed by atoms with Gasteiger partial charge < -0.3 is 20.1 Å². The number of halogens is 1. The lowest BCUT2D eigenvalue weighted by molar-refractivity contribution is -0.145. The first-order valence-electron chi connectivity index (χ1n) is 11.2. The van der Waals surface area contributed by atoms with Gasteiger partial charge in [0.25, 0.3) is 5.56 Å². The second-order valence-corrected chi connectivity index (χ2v) is 9.95. The quantitative estimate of drug-likeness (QED) is 0.568. The maximum Gasteiger partial charge on any atom is 0.407 e. The molecule has 2 atom stereocenters. The van der Waals surface area contributed by atoms with Crippen LogP contribution in [0.2, 0.25) is 5.15 Å². The van der Waals surface area contributed by atoms with Crippen LogP contribution in [-0.2, 0) is 22.7 Å². The Morgan fingerprint density at radius 3 is 2.56 bits per heavy atom. The molecule has 1 aromatic heterocycles. The van der Waals surface area contributed by atoms with E-state index in [1.807, 2.05) is 51.1 Å². The fourth-order valence-corrected chi connectivity index (χ4v) is 4.71. The highest BCUT2D eigenvalue weighted by Crippen LogP contribution is 2.37. The van der Waals surface area contributed by atoms with Crippen LogP contribution in [0.5, 0.6) is 0 Å². The molecule has 34 heavy (non-hydrogen) atoms. The maximum absolute atomic E-state index is 13.1. The molecule has 2 aromatic rings. The number of anilines is 1. The first-order chi connectivity index (χ1) is 16.0. The standard InChI is InChI=1S/C24H31ClN4O5/c1-15-20(25)27-21(26-12-17-10-11-28(23(32)33)19(17)24(2,3)4)22(31)29(15)13-18(30)34-14-16-8-6-5-7-9-16/h5-9,17,19H,10-14H2,1-4H3,(H,26,27)(H,32,33)/t17-,19?/m1/s1. The topological polar surface area (TPSA) is 114 Å². The van der Waals surface area contributed by atoms with Crippen molar-refractivity contribution in [3.63, 3.8) is 0 Å². The molecule has 2 N–H and O–H groups in total. The number of aromatic nitrogens is 2. The fourth-order valence-electron chi connectivity index (χ4n) is 4.52. The van der Waals surface area contributed by atoms with Crippen LogP contribution in [0.4, 0.5) is 10.6 Å². The van der Waals surface area contributed by atoms with Crippen molar-refractivity contribution in [2.24, 2.45) is 11.3 Å². The molecule has 1 aliphatic heterocycles. The number of carboxylic acid groups (broad SMARTS) is 1. The Hall–Kier alpha value is -3.07. The van der Waals surface area contributed by atoms with Gasteiger partial charge in [0, 0.05) is 19.1 Å². The number of amides is 1. The lowest BCUT2D eigenvalue weighted by atomic mass is 9.79. The minimum absolute atomic E-state index is 0.0123. The highest BCUT2D eigenvalue weighted by molar-refractivity contribution is 6.30. The van der Waals surface area contributed by atoms with E-state index < -0.39 is 17.6 Å². The Kier molecular flexibility index (Phi) is 7.86. The second kappa shape index (κ2) is 10.5. The van der Waals surface area contributed by atoms with Crippen LogP contribution in [-0.4, -0.2) is 50.8 Å². The molecule has 9 nitrogen and oxygen atoms in total. The summed E-state index contributed by atoms with van der Waals surface area (Å²) >= 11 is 6.26. The van der Waals surface area contributed by atoms with E-state index in [9.17, 15) is 19.5 Å². The third kappa shape index (κ3) is 5.88. The van der Waals surface area contributed by atoms with Crippen molar-refractivity contribution < 1.29 is 19.4 Å². The van der Waals surface area contributed by atoms with E-state index in [1.165, 1.54) is 9.47 Å². The zero-order valence-corrected chi connectivity index (χ0v) is 20.6. The smallest absolute Gasteiger partial charge is 0.407 e. The number of carbonyl (C=O) groups is 2. The molecule has 1 amide bonds. The predicted octanol–water partition coefficient (Wildman–Crippen LogP) is 3.78. The van der Waals surface area contributed by atoms with Gasteiger partial charge in [-0.05, 0) is 30.2 Å². The van der Waals surface area contributed by atoms with Crippen LogP contribution in [0.15, 0.2) is 35.1 Å². The average molecular weight is 491 g/mol. The lowest BCUT2D eigenvalue weighted by Gasteiger charge is -2.37. The summed E-state index contributed by atoms with van der Waals surface area (Å²) in [6, 6.07) is 9.04. The van der Waals surface area contributed by atoms with E-state index in [-0.39, 0.29) is 41.5 Å². The molecule has 2 heterocycles. The van der Waals surface area contributed by atoms with Crippen molar-refractivity contribution in [3.05, 3.63) is 57.1 Å². The Morgan fingerprint density at radius 1 is 1.26 bits per heavy atom. The van der Waals surface area contributed by atoms with Gasteiger partial charge in [0.2, 0.25) is 0 Å². The monoisotopic (exact) mass is 490 g/mol. The zero-order chi connectivity index (χ0) is 25.0. The van der Waals surface area contributed by atoms with E-state index in [4.69, 9.17) is 16.3 Å². The van der Waals surface area contributed by atoms with Crippen LogP contribution < -0.4 is 10.9 Å². The summed E-state index contributed by atoms with van der Waals surface area (Å²) in [4.78, 5) is 42.8. The van der Waals surface area contributed by atoms with E-state index in [1.54, 1.807) is 6.92 Å². The number of hydrogen-bond acceptors (Lipinski definition) is 6. The molecule has 1 aliphatic rings. The highest BCUT2D eigenvalue weighted by atomic mass is 35.5.